The van der Waals surface area contributed by atoms with Gasteiger partial charge in [0, 0.05) is 23.0 Å². The zero-order chi connectivity index (χ0) is 18.8. The van der Waals surface area contributed by atoms with Crippen molar-refractivity contribution in [2.24, 2.45) is 0 Å². The predicted octanol–water partition coefficient (Wildman–Crippen LogP) is 4.99. The van der Waals surface area contributed by atoms with Crippen molar-refractivity contribution in [1.82, 2.24) is 9.88 Å². The van der Waals surface area contributed by atoms with E-state index in [0.717, 1.165) is 39.5 Å². The summed E-state index contributed by atoms with van der Waals surface area (Å²) < 4.78 is 13.2. The average molecular weight is 380 g/mol. The van der Waals surface area contributed by atoms with E-state index >= 15 is 0 Å². The Labute approximate surface area is 162 Å². The van der Waals surface area contributed by atoms with Gasteiger partial charge in [-0.2, -0.15) is 0 Å². The molecule has 0 unspecified atom stereocenters. The number of hydrogen-bond acceptors (Lipinski definition) is 3. The Bertz CT molecular complexity index is 933. The maximum Gasteiger partial charge on any atom is 0.228 e. The minimum absolute atomic E-state index is 0.133. The molecule has 1 amide bonds. The Balaban J connectivity index is 1.56. The van der Waals surface area contributed by atoms with Crippen LogP contribution in [0.15, 0.2) is 54.6 Å². The smallest absolute Gasteiger partial charge is 0.228 e. The summed E-state index contributed by atoms with van der Waals surface area (Å²) in [4.78, 5) is 20.6. The third-order valence-corrected chi connectivity index (χ3v) is 5.71. The zero-order valence-corrected chi connectivity index (χ0v) is 16.0. The second kappa shape index (κ2) is 7.61. The van der Waals surface area contributed by atoms with Crippen molar-refractivity contribution in [3.63, 3.8) is 0 Å². The van der Waals surface area contributed by atoms with Gasteiger partial charge in [0.25, 0.3) is 0 Å². The highest BCUT2D eigenvalue weighted by Crippen LogP contribution is 2.32. The first kappa shape index (κ1) is 17.9. The Kier molecular flexibility index (Phi) is 5.03. The van der Waals surface area contributed by atoms with Gasteiger partial charge in [0.2, 0.25) is 5.91 Å². The molecule has 2 aromatic carbocycles. The van der Waals surface area contributed by atoms with Gasteiger partial charge in [-0.05, 0) is 49.6 Å². The van der Waals surface area contributed by atoms with Crippen LogP contribution in [0.25, 0.3) is 11.3 Å². The summed E-state index contributed by atoms with van der Waals surface area (Å²) in [5.74, 6) is -0.139. The highest BCUT2D eigenvalue weighted by atomic mass is 32.1. The summed E-state index contributed by atoms with van der Waals surface area (Å²) in [5.41, 5.74) is 2.79. The van der Waals surface area contributed by atoms with Gasteiger partial charge in [0.1, 0.15) is 5.82 Å². The van der Waals surface area contributed by atoms with Crippen molar-refractivity contribution >= 4 is 17.2 Å². The molecule has 0 spiro atoms. The highest BCUT2D eigenvalue weighted by Gasteiger charge is 2.33. The van der Waals surface area contributed by atoms with Gasteiger partial charge < -0.3 is 4.90 Å². The molecular weight excluding hydrogens is 359 g/mol. The van der Waals surface area contributed by atoms with Gasteiger partial charge in [-0.3, -0.25) is 4.79 Å². The van der Waals surface area contributed by atoms with Gasteiger partial charge in [-0.15, -0.1) is 11.3 Å². The van der Waals surface area contributed by atoms with Crippen LogP contribution < -0.4 is 0 Å². The summed E-state index contributed by atoms with van der Waals surface area (Å²) in [6.45, 7) is 2.59. The zero-order valence-electron chi connectivity index (χ0n) is 15.2. The van der Waals surface area contributed by atoms with E-state index in [1.807, 2.05) is 30.0 Å². The van der Waals surface area contributed by atoms with Crippen LogP contribution in [-0.4, -0.2) is 21.8 Å². The van der Waals surface area contributed by atoms with Gasteiger partial charge in [0.05, 0.1) is 17.1 Å². The van der Waals surface area contributed by atoms with Crippen LogP contribution in [0.4, 0.5) is 4.39 Å². The summed E-state index contributed by atoms with van der Waals surface area (Å²) in [6, 6.07) is 16.8. The van der Waals surface area contributed by atoms with Crippen molar-refractivity contribution in [2.45, 2.75) is 38.8 Å². The van der Waals surface area contributed by atoms with E-state index in [1.54, 1.807) is 23.5 Å². The molecule has 1 fully saturated rings. The van der Waals surface area contributed by atoms with Gasteiger partial charge >= 0.3 is 0 Å². The summed E-state index contributed by atoms with van der Waals surface area (Å²) in [6.07, 6.45) is 2.48. The number of nitrogens with zero attached hydrogens (tertiary/aromatic N) is 2. The Morgan fingerprint density at radius 1 is 1.15 bits per heavy atom. The molecule has 0 aliphatic heterocycles. The van der Waals surface area contributed by atoms with E-state index in [-0.39, 0.29) is 11.7 Å². The van der Waals surface area contributed by atoms with E-state index in [4.69, 9.17) is 0 Å². The maximum atomic E-state index is 13.2. The maximum absolute atomic E-state index is 13.2. The lowest BCUT2D eigenvalue weighted by Gasteiger charge is -2.22. The van der Waals surface area contributed by atoms with Crippen molar-refractivity contribution < 1.29 is 9.18 Å². The Morgan fingerprint density at radius 3 is 2.52 bits per heavy atom. The average Bonchev–Trinajstić information content (AvgIpc) is 3.44. The first-order valence-corrected chi connectivity index (χ1v) is 9.97. The van der Waals surface area contributed by atoms with Crippen molar-refractivity contribution in [3.05, 3.63) is 75.9 Å². The number of benzene rings is 2. The summed E-state index contributed by atoms with van der Waals surface area (Å²) >= 11 is 1.55. The molecule has 27 heavy (non-hydrogen) atoms. The number of aryl methyl sites for hydroxylation is 1. The van der Waals surface area contributed by atoms with Crippen molar-refractivity contribution in [3.8, 4) is 11.3 Å². The van der Waals surface area contributed by atoms with E-state index in [2.05, 4.69) is 17.1 Å². The number of carbonyl (C=O) groups is 1. The van der Waals surface area contributed by atoms with Crippen LogP contribution >= 0.6 is 11.3 Å². The molecule has 4 rings (SSSR count). The number of carbonyl (C=O) groups excluding carboxylic acids is 1. The van der Waals surface area contributed by atoms with E-state index in [0.29, 0.717) is 19.0 Å². The molecule has 138 valence electrons. The fourth-order valence-corrected chi connectivity index (χ4v) is 4.20. The van der Waals surface area contributed by atoms with E-state index < -0.39 is 0 Å². The molecule has 0 bridgehead atoms. The SMILES string of the molecule is Cc1nc(-c2ccc(F)cc2)c(CC(=O)N(Cc2ccccc2)C2CC2)s1. The monoisotopic (exact) mass is 380 g/mol. The minimum Gasteiger partial charge on any atom is -0.335 e. The van der Waals surface area contributed by atoms with Gasteiger partial charge in [-0.25, -0.2) is 9.37 Å². The fourth-order valence-electron chi connectivity index (χ4n) is 3.25. The second-order valence-electron chi connectivity index (χ2n) is 6.93. The van der Waals surface area contributed by atoms with Crippen LogP contribution in [0.5, 0.6) is 0 Å². The number of hydrogen-bond donors (Lipinski definition) is 0. The number of halogens is 1. The highest BCUT2D eigenvalue weighted by molar-refractivity contribution is 7.12. The molecule has 0 saturated heterocycles. The molecule has 1 saturated carbocycles. The largest absolute Gasteiger partial charge is 0.335 e. The quantitative estimate of drug-likeness (QED) is 0.603. The molecule has 1 heterocycles. The van der Waals surface area contributed by atoms with Crippen LogP contribution in [0.1, 0.15) is 28.3 Å². The molecule has 1 aromatic heterocycles. The molecule has 0 atom stereocenters. The fraction of sp³-hybridized carbons (Fsp3) is 0.273. The molecule has 1 aliphatic rings. The van der Waals surface area contributed by atoms with Crippen LogP contribution in [-0.2, 0) is 17.8 Å². The molecule has 1 aliphatic carbocycles. The minimum atomic E-state index is -0.272. The second-order valence-corrected chi connectivity index (χ2v) is 8.21. The van der Waals surface area contributed by atoms with Crippen LogP contribution in [0, 0.1) is 12.7 Å². The number of rotatable bonds is 6. The number of thiazole rings is 1. The Morgan fingerprint density at radius 2 is 1.85 bits per heavy atom. The first-order chi connectivity index (χ1) is 13.1. The van der Waals surface area contributed by atoms with Gasteiger partial charge in [-0.1, -0.05) is 30.3 Å². The molecule has 0 N–H and O–H groups in total. The van der Waals surface area contributed by atoms with Crippen LogP contribution in [0.2, 0.25) is 0 Å². The molecule has 0 radical (unpaired) electrons. The Hall–Kier alpha value is -2.53. The summed E-state index contributed by atoms with van der Waals surface area (Å²) in [7, 11) is 0. The topological polar surface area (TPSA) is 33.2 Å². The van der Waals surface area contributed by atoms with Crippen molar-refractivity contribution in [2.75, 3.05) is 0 Å². The normalized spacial score (nSPS) is 13.6. The molecule has 3 aromatic rings. The van der Waals surface area contributed by atoms with Crippen molar-refractivity contribution in [1.29, 1.82) is 0 Å². The van der Waals surface area contributed by atoms with Crippen LogP contribution in [0.3, 0.4) is 0 Å². The van der Waals surface area contributed by atoms with E-state index in [1.165, 1.54) is 12.1 Å². The summed E-state index contributed by atoms with van der Waals surface area (Å²) in [5, 5.41) is 0.915. The lowest BCUT2D eigenvalue weighted by Crippen LogP contribution is -2.33. The first-order valence-electron chi connectivity index (χ1n) is 9.16. The number of amides is 1. The predicted molar refractivity (Wildman–Crippen MR) is 106 cm³/mol. The third-order valence-electron chi connectivity index (χ3n) is 4.74. The molecule has 3 nitrogen and oxygen atoms in total. The number of aromatic nitrogens is 1. The van der Waals surface area contributed by atoms with Gasteiger partial charge in [0.15, 0.2) is 0 Å². The lowest BCUT2D eigenvalue weighted by molar-refractivity contribution is -0.131. The third kappa shape index (κ3) is 4.25. The standard InChI is InChI=1S/C22H21FN2OS/c1-15-24-22(17-7-9-18(23)10-8-17)20(27-15)13-21(26)25(19-11-12-19)14-16-5-3-2-4-6-16/h2-10,19H,11-14H2,1H3. The molecular formula is C22H21FN2OS. The molecule has 5 heteroatoms. The lowest BCUT2D eigenvalue weighted by atomic mass is 10.1. The van der Waals surface area contributed by atoms with E-state index in [9.17, 15) is 9.18 Å².